The van der Waals surface area contributed by atoms with E-state index in [-0.39, 0.29) is 18.4 Å². The highest BCUT2D eigenvalue weighted by Crippen LogP contribution is 2.18. The maximum Gasteiger partial charge on any atom is 0.311 e. The molecule has 1 rings (SSSR count). The molecule has 126 valence electrons. The summed E-state index contributed by atoms with van der Waals surface area (Å²) in [5, 5.41) is 2.46. The minimum absolute atomic E-state index is 0.0941. The molecule has 1 aliphatic heterocycles. The zero-order valence-corrected chi connectivity index (χ0v) is 13.3. The first-order valence-electron chi connectivity index (χ1n) is 7.32. The third-order valence-electron chi connectivity index (χ3n) is 3.55. The lowest BCUT2D eigenvalue weighted by molar-refractivity contribution is -0.153. The number of nitrogens with zero attached hydrogens (tertiary/aromatic N) is 1. The summed E-state index contributed by atoms with van der Waals surface area (Å²) in [6, 6.07) is 0. The summed E-state index contributed by atoms with van der Waals surface area (Å²) >= 11 is 0. The van der Waals surface area contributed by atoms with E-state index < -0.39 is 18.1 Å². The predicted molar refractivity (Wildman–Crippen MR) is 76.8 cm³/mol. The molecule has 1 saturated heterocycles. The van der Waals surface area contributed by atoms with Gasteiger partial charge in [0.2, 0.25) is 0 Å². The standard InChI is InChI=1S/C14H24N2O6/c1-4-22-14(19)10-5-7-16(8-6-10)13(18)12(17)15-9-11(20-2)21-3/h10-11H,4-9H2,1-3H3,(H,15,17). The fourth-order valence-electron chi connectivity index (χ4n) is 2.24. The van der Waals surface area contributed by atoms with Crippen molar-refractivity contribution < 1.29 is 28.6 Å². The molecule has 1 aliphatic rings. The van der Waals surface area contributed by atoms with Crippen molar-refractivity contribution in [2.45, 2.75) is 26.1 Å². The molecule has 0 aromatic heterocycles. The van der Waals surface area contributed by atoms with Crippen molar-refractivity contribution in [1.29, 1.82) is 0 Å². The lowest BCUT2D eigenvalue weighted by Crippen LogP contribution is -2.48. The van der Waals surface area contributed by atoms with E-state index in [9.17, 15) is 14.4 Å². The molecule has 0 atom stereocenters. The first-order valence-corrected chi connectivity index (χ1v) is 7.32. The molecular formula is C14H24N2O6. The van der Waals surface area contributed by atoms with Crippen molar-refractivity contribution in [2.75, 3.05) is 40.5 Å². The van der Waals surface area contributed by atoms with Gasteiger partial charge in [-0.3, -0.25) is 14.4 Å². The van der Waals surface area contributed by atoms with E-state index in [2.05, 4.69) is 5.32 Å². The molecule has 0 saturated carbocycles. The van der Waals surface area contributed by atoms with Crippen LogP contribution in [0, 0.1) is 5.92 Å². The van der Waals surface area contributed by atoms with Crippen molar-refractivity contribution in [3.8, 4) is 0 Å². The highest BCUT2D eigenvalue weighted by Gasteiger charge is 2.30. The van der Waals surface area contributed by atoms with Crippen molar-refractivity contribution in [3.63, 3.8) is 0 Å². The SMILES string of the molecule is CCOC(=O)C1CCN(C(=O)C(=O)NCC(OC)OC)CC1. The Morgan fingerprint density at radius 3 is 2.27 bits per heavy atom. The monoisotopic (exact) mass is 316 g/mol. The van der Waals surface area contributed by atoms with Crippen LogP contribution in [0.25, 0.3) is 0 Å². The second kappa shape index (κ2) is 9.37. The number of ether oxygens (including phenoxy) is 3. The average molecular weight is 316 g/mol. The number of carbonyl (C=O) groups excluding carboxylic acids is 3. The summed E-state index contributed by atoms with van der Waals surface area (Å²) < 4.78 is 14.8. The van der Waals surface area contributed by atoms with Crippen LogP contribution in [0.4, 0.5) is 0 Å². The Bertz CT molecular complexity index is 389. The molecule has 0 aliphatic carbocycles. The summed E-state index contributed by atoms with van der Waals surface area (Å²) in [4.78, 5) is 36.9. The number of esters is 1. The number of amides is 2. The summed E-state index contributed by atoms with van der Waals surface area (Å²) in [5.74, 6) is -1.73. The average Bonchev–Trinajstić information content (AvgIpc) is 2.55. The van der Waals surface area contributed by atoms with Crippen LogP contribution in [-0.2, 0) is 28.6 Å². The molecule has 0 aromatic carbocycles. The van der Waals surface area contributed by atoms with Gasteiger partial charge < -0.3 is 24.4 Å². The van der Waals surface area contributed by atoms with E-state index in [1.165, 1.54) is 19.1 Å². The number of nitrogens with one attached hydrogen (secondary N) is 1. The van der Waals surface area contributed by atoms with Gasteiger partial charge >= 0.3 is 17.8 Å². The van der Waals surface area contributed by atoms with Gasteiger partial charge in [0.1, 0.15) is 0 Å². The number of rotatable bonds is 6. The number of carbonyl (C=O) groups is 3. The molecule has 2 amide bonds. The highest BCUT2D eigenvalue weighted by atomic mass is 16.7. The summed E-state index contributed by atoms with van der Waals surface area (Å²) in [6.07, 6.45) is 0.430. The fourth-order valence-corrected chi connectivity index (χ4v) is 2.24. The quantitative estimate of drug-likeness (QED) is 0.404. The second-order valence-corrected chi connectivity index (χ2v) is 4.93. The van der Waals surface area contributed by atoms with Gasteiger partial charge in [0.05, 0.1) is 19.1 Å². The van der Waals surface area contributed by atoms with Gasteiger partial charge in [-0.15, -0.1) is 0 Å². The van der Waals surface area contributed by atoms with E-state index in [0.29, 0.717) is 32.5 Å². The molecule has 22 heavy (non-hydrogen) atoms. The molecule has 0 radical (unpaired) electrons. The van der Waals surface area contributed by atoms with Gasteiger partial charge in [0, 0.05) is 27.3 Å². The molecular weight excluding hydrogens is 292 g/mol. The predicted octanol–water partition coefficient (Wildman–Crippen LogP) is -0.477. The Hall–Kier alpha value is -1.67. The van der Waals surface area contributed by atoms with Crippen LogP contribution in [0.15, 0.2) is 0 Å². The van der Waals surface area contributed by atoms with E-state index in [4.69, 9.17) is 14.2 Å². The zero-order valence-electron chi connectivity index (χ0n) is 13.3. The van der Waals surface area contributed by atoms with Gasteiger partial charge in [-0.2, -0.15) is 0 Å². The van der Waals surface area contributed by atoms with Crippen LogP contribution >= 0.6 is 0 Å². The van der Waals surface area contributed by atoms with Crippen LogP contribution in [0.3, 0.4) is 0 Å². The van der Waals surface area contributed by atoms with Crippen LogP contribution in [0.5, 0.6) is 0 Å². The van der Waals surface area contributed by atoms with Gasteiger partial charge in [-0.1, -0.05) is 0 Å². The number of methoxy groups -OCH3 is 2. The van der Waals surface area contributed by atoms with Crippen LogP contribution in [0.1, 0.15) is 19.8 Å². The first-order chi connectivity index (χ1) is 10.5. The van der Waals surface area contributed by atoms with E-state index in [0.717, 1.165) is 0 Å². The van der Waals surface area contributed by atoms with Gasteiger partial charge in [-0.05, 0) is 19.8 Å². The molecule has 0 aromatic rings. The lowest BCUT2D eigenvalue weighted by Gasteiger charge is -2.30. The maximum absolute atomic E-state index is 12.0. The third kappa shape index (κ3) is 5.27. The molecule has 0 bridgehead atoms. The molecule has 1 N–H and O–H groups in total. The van der Waals surface area contributed by atoms with Crippen LogP contribution in [-0.4, -0.2) is 69.4 Å². The molecule has 8 heteroatoms. The fraction of sp³-hybridized carbons (Fsp3) is 0.786. The van der Waals surface area contributed by atoms with E-state index in [1.54, 1.807) is 6.92 Å². The van der Waals surface area contributed by atoms with Gasteiger partial charge in [-0.25, -0.2) is 0 Å². The van der Waals surface area contributed by atoms with Crippen molar-refractivity contribution >= 4 is 17.8 Å². The number of piperidine rings is 1. The maximum atomic E-state index is 12.0. The van der Waals surface area contributed by atoms with Gasteiger partial charge in [0.15, 0.2) is 6.29 Å². The minimum Gasteiger partial charge on any atom is -0.466 e. The van der Waals surface area contributed by atoms with Crippen molar-refractivity contribution in [3.05, 3.63) is 0 Å². The Balaban J connectivity index is 2.38. The van der Waals surface area contributed by atoms with Crippen LogP contribution in [0.2, 0.25) is 0 Å². The minimum atomic E-state index is -0.700. The zero-order chi connectivity index (χ0) is 16.5. The molecule has 1 fully saturated rings. The van der Waals surface area contributed by atoms with Crippen LogP contribution < -0.4 is 5.32 Å². The molecule has 0 spiro atoms. The van der Waals surface area contributed by atoms with Crippen molar-refractivity contribution in [2.24, 2.45) is 5.92 Å². The normalized spacial score (nSPS) is 15.7. The summed E-state index contributed by atoms with van der Waals surface area (Å²) in [6.45, 7) is 2.94. The van der Waals surface area contributed by atoms with E-state index in [1.807, 2.05) is 0 Å². The molecule has 8 nitrogen and oxygen atoms in total. The number of hydrogen-bond acceptors (Lipinski definition) is 6. The smallest absolute Gasteiger partial charge is 0.311 e. The Labute approximate surface area is 130 Å². The lowest BCUT2D eigenvalue weighted by atomic mass is 9.97. The number of hydrogen-bond donors (Lipinski definition) is 1. The third-order valence-corrected chi connectivity index (χ3v) is 3.55. The Kier molecular flexibility index (Phi) is 7.83. The largest absolute Gasteiger partial charge is 0.466 e. The van der Waals surface area contributed by atoms with Crippen molar-refractivity contribution in [1.82, 2.24) is 10.2 Å². The summed E-state index contributed by atoms with van der Waals surface area (Å²) in [7, 11) is 2.89. The number of likely N-dealkylation sites (tertiary alicyclic amines) is 1. The Morgan fingerprint density at radius 1 is 1.18 bits per heavy atom. The molecule has 0 unspecified atom stereocenters. The highest BCUT2D eigenvalue weighted by molar-refractivity contribution is 6.35. The summed E-state index contributed by atoms with van der Waals surface area (Å²) in [5.41, 5.74) is 0. The molecule has 1 heterocycles. The first kappa shape index (κ1) is 18.4. The van der Waals surface area contributed by atoms with Gasteiger partial charge in [0.25, 0.3) is 0 Å². The topological polar surface area (TPSA) is 94.2 Å². The second-order valence-electron chi connectivity index (χ2n) is 4.93. The van der Waals surface area contributed by atoms with E-state index >= 15 is 0 Å². The Morgan fingerprint density at radius 2 is 1.77 bits per heavy atom.